The second-order valence-electron chi connectivity index (χ2n) is 7.14. The van der Waals surface area contributed by atoms with Crippen molar-refractivity contribution in [2.45, 2.75) is 19.9 Å². The van der Waals surface area contributed by atoms with Crippen molar-refractivity contribution < 1.29 is 5.11 Å². The third-order valence-corrected chi connectivity index (χ3v) is 7.52. The van der Waals surface area contributed by atoms with E-state index in [9.17, 15) is 5.11 Å². The van der Waals surface area contributed by atoms with E-state index < -0.39 is 7.92 Å². The Morgan fingerprint density at radius 1 is 0.793 bits per heavy atom. The molecule has 144 valence electrons. The lowest BCUT2D eigenvalue weighted by Crippen LogP contribution is -2.23. The average molecular weight is 397 g/mol. The van der Waals surface area contributed by atoms with E-state index in [4.69, 9.17) is 4.99 Å². The van der Waals surface area contributed by atoms with Gasteiger partial charge in [0.25, 0.3) is 0 Å². The molecule has 0 unspecified atom stereocenters. The fourth-order valence-electron chi connectivity index (χ4n) is 3.49. The Bertz CT molecular complexity index is 1030. The second kappa shape index (κ2) is 9.03. The van der Waals surface area contributed by atoms with E-state index in [2.05, 4.69) is 91.9 Å². The highest BCUT2D eigenvalue weighted by Crippen LogP contribution is 2.34. The number of aliphatic imine (C=N–C) groups is 1. The number of rotatable bonds is 5. The summed E-state index contributed by atoms with van der Waals surface area (Å²) >= 11 is 0. The SMILES string of the molecule is CC1=CC=C(O)C(=NCc2ccccc2P(c2ccccc2)c2ccccc2)C1. The van der Waals surface area contributed by atoms with Crippen molar-refractivity contribution in [3.8, 4) is 0 Å². The lowest BCUT2D eigenvalue weighted by atomic mass is 10.0. The molecule has 0 radical (unpaired) electrons. The van der Waals surface area contributed by atoms with Gasteiger partial charge >= 0.3 is 0 Å². The molecule has 1 aliphatic rings. The molecular weight excluding hydrogens is 373 g/mol. The van der Waals surface area contributed by atoms with Crippen LogP contribution >= 0.6 is 7.92 Å². The zero-order chi connectivity index (χ0) is 20.1. The van der Waals surface area contributed by atoms with Gasteiger partial charge in [-0.05, 0) is 42.4 Å². The summed E-state index contributed by atoms with van der Waals surface area (Å²) in [4.78, 5) is 4.78. The Morgan fingerprint density at radius 3 is 2.03 bits per heavy atom. The molecule has 3 heteroatoms. The van der Waals surface area contributed by atoms with E-state index in [1.807, 2.05) is 6.08 Å². The van der Waals surface area contributed by atoms with Crippen LogP contribution in [0.2, 0.25) is 0 Å². The molecule has 29 heavy (non-hydrogen) atoms. The van der Waals surface area contributed by atoms with E-state index in [0.29, 0.717) is 13.0 Å². The minimum atomic E-state index is -0.673. The molecule has 1 aliphatic carbocycles. The van der Waals surface area contributed by atoms with Crippen molar-refractivity contribution in [1.29, 1.82) is 0 Å². The number of benzene rings is 3. The van der Waals surface area contributed by atoms with Crippen molar-refractivity contribution in [3.63, 3.8) is 0 Å². The Labute approximate surface area is 173 Å². The smallest absolute Gasteiger partial charge is 0.136 e. The molecule has 1 N–H and O–H groups in total. The molecule has 0 spiro atoms. The highest BCUT2D eigenvalue weighted by Gasteiger charge is 2.19. The molecule has 0 bridgehead atoms. The molecule has 0 amide bonds. The van der Waals surface area contributed by atoms with Gasteiger partial charge < -0.3 is 5.11 Å². The molecule has 0 aliphatic heterocycles. The summed E-state index contributed by atoms with van der Waals surface area (Å²) in [5, 5.41) is 14.2. The first-order chi connectivity index (χ1) is 14.2. The Balaban J connectivity index is 1.74. The highest BCUT2D eigenvalue weighted by atomic mass is 31.1. The fraction of sp³-hybridized carbons (Fsp3) is 0.115. The van der Waals surface area contributed by atoms with Crippen LogP contribution in [-0.2, 0) is 6.54 Å². The van der Waals surface area contributed by atoms with Gasteiger partial charge in [-0.25, -0.2) is 0 Å². The van der Waals surface area contributed by atoms with Crippen molar-refractivity contribution in [2.75, 3.05) is 0 Å². The van der Waals surface area contributed by atoms with Gasteiger partial charge in [0.15, 0.2) is 0 Å². The van der Waals surface area contributed by atoms with E-state index in [1.165, 1.54) is 27.1 Å². The van der Waals surface area contributed by atoms with E-state index >= 15 is 0 Å². The molecule has 3 aromatic carbocycles. The predicted molar refractivity (Wildman–Crippen MR) is 125 cm³/mol. The lowest BCUT2D eigenvalue weighted by Gasteiger charge is -2.22. The molecular formula is C26H24NOP. The number of hydrogen-bond acceptors (Lipinski definition) is 2. The first kappa shape index (κ1) is 19.4. The van der Waals surface area contributed by atoms with Crippen LogP contribution in [-0.4, -0.2) is 10.8 Å². The summed E-state index contributed by atoms with van der Waals surface area (Å²) in [6.07, 6.45) is 4.40. The summed E-state index contributed by atoms with van der Waals surface area (Å²) in [7, 11) is -0.673. The first-order valence-corrected chi connectivity index (χ1v) is 11.1. The average Bonchev–Trinajstić information content (AvgIpc) is 2.77. The summed E-state index contributed by atoms with van der Waals surface area (Å²) in [5.41, 5.74) is 3.19. The largest absolute Gasteiger partial charge is 0.506 e. The third-order valence-electron chi connectivity index (χ3n) is 4.97. The van der Waals surface area contributed by atoms with Crippen LogP contribution in [0, 0.1) is 0 Å². The lowest BCUT2D eigenvalue weighted by molar-refractivity contribution is 0.440. The minimum Gasteiger partial charge on any atom is -0.506 e. The standard InChI is InChI=1S/C26H24NOP/c1-20-16-17-25(28)24(18-20)27-19-21-10-8-9-15-26(21)29(22-11-4-2-5-12-22)23-13-6-3-7-14-23/h2-17,28H,18-19H2,1H3. The highest BCUT2D eigenvalue weighted by molar-refractivity contribution is 7.79. The van der Waals surface area contributed by atoms with Crippen LogP contribution in [0.3, 0.4) is 0 Å². The molecule has 0 fully saturated rings. The van der Waals surface area contributed by atoms with E-state index in [1.54, 1.807) is 6.08 Å². The number of nitrogens with zero attached hydrogens (tertiary/aromatic N) is 1. The van der Waals surface area contributed by atoms with Crippen LogP contribution < -0.4 is 15.9 Å². The molecule has 0 saturated carbocycles. The quantitative estimate of drug-likeness (QED) is 0.592. The van der Waals surface area contributed by atoms with Gasteiger partial charge in [-0.2, -0.15) is 0 Å². The van der Waals surface area contributed by atoms with Gasteiger partial charge in [-0.3, -0.25) is 4.99 Å². The summed E-state index contributed by atoms with van der Waals surface area (Å²) in [5.74, 6) is 0.279. The molecule has 2 nitrogen and oxygen atoms in total. The Hall–Kier alpha value is -2.96. The van der Waals surface area contributed by atoms with Gasteiger partial charge in [-0.15, -0.1) is 0 Å². The van der Waals surface area contributed by atoms with Crippen LogP contribution in [0.4, 0.5) is 0 Å². The maximum atomic E-state index is 10.2. The maximum absolute atomic E-state index is 10.2. The number of hydrogen-bond donors (Lipinski definition) is 1. The van der Waals surface area contributed by atoms with Crippen molar-refractivity contribution in [3.05, 3.63) is 114 Å². The van der Waals surface area contributed by atoms with Crippen molar-refractivity contribution in [2.24, 2.45) is 4.99 Å². The summed E-state index contributed by atoms with van der Waals surface area (Å²) in [6, 6.07) is 30.0. The van der Waals surface area contributed by atoms with Gasteiger partial charge in [0.1, 0.15) is 5.76 Å². The molecule has 0 atom stereocenters. The number of allylic oxidation sites excluding steroid dienone is 4. The molecule has 0 aromatic heterocycles. The normalized spacial score (nSPS) is 15.3. The van der Waals surface area contributed by atoms with Gasteiger partial charge in [0, 0.05) is 6.42 Å². The molecule has 0 saturated heterocycles. The van der Waals surface area contributed by atoms with E-state index in [0.717, 1.165) is 5.71 Å². The fourth-order valence-corrected chi connectivity index (χ4v) is 5.96. The number of aliphatic hydroxyl groups excluding tert-OH is 1. The maximum Gasteiger partial charge on any atom is 0.136 e. The minimum absolute atomic E-state index is 0.279. The summed E-state index contributed by atoms with van der Waals surface area (Å²) < 4.78 is 0. The predicted octanol–water partition coefficient (Wildman–Crippen LogP) is 5.18. The van der Waals surface area contributed by atoms with E-state index in [-0.39, 0.29) is 5.76 Å². The topological polar surface area (TPSA) is 32.6 Å². The molecule has 4 rings (SSSR count). The monoisotopic (exact) mass is 397 g/mol. The zero-order valence-electron chi connectivity index (χ0n) is 16.5. The van der Waals surface area contributed by atoms with Crippen molar-refractivity contribution in [1.82, 2.24) is 0 Å². The number of aliphatic hydroxyl groups is 1. The zero-order valence-corrected chi connectivity index (χ0v) is 17.4. The van der Waals surface area contributed by atoms with Crippen molar-refractivity contribution >= 4 is 29.5 Å². The first-order valence-electron chi connectivity index (χ1n) is 9.80. The molecule has 0 heterocycles. The van der Waals surface area contributed by atoms with Gasteiger partial charge in [-0.1, -0.05) is 96.6 Å². The summed E-state index contributed by atoms with van der Waals surface area (Å²) in [6.45, 7) is 2.63. The second-order valence-corrected chi connectivity index (χ2v) is 9.33. The third kappa shape index (κ3) is 4.55. The van der Waals surface area contributed by atoms with Crippen LogP contribution in [0.25, 0.3) is 0 Å². The molecule has 3 aromatic rings. The van der Waals surface area contributed by atoms with Crippen LogP contribution in [0.5, 0.6) is 0 Å². The van der Waals surface area contributed by atoms with Gasteiger partial charge in [0.05, 0.1) is 12.3 Å². The van der Waals surface area contributed by atoms with Crippen LogP contribution in [0.1, 0.15) is 18.9 Å². The Kier molecular flexibility index (Phi) is 6.03. The van der Waals surface area contributed by atoms with Crippen LogP contribution in [0.15, 0.2) is 113 Å². The Morgan fingerprint density at radius 2 is 1.38 bits per heavy atom. The van der Waals surface area contributed by atoms with Gasteiger partial charge in [0.2, 0.25) is 0 Å².